The number of thiazole rings is 1. The van der Waals surface area contributed by atoms with Gasteiger partial charge in [0.15, 0.2) is 5.11 Å². The van der Waals surface area contributed by atoms with Crippen molar-refractivity contribution in [3.05, 3.63) is 42.5 Å². The van der Waals surface area contributed by atoms with Crippen molar-refractivity contribution in [2.45, 2.75) is 25.9 Å². The Morgan fingerprint density at radius 3 is 2.89 bits per heavy atom. The normalized spacial score (nSPS) is 16.2. The zero-order valence-electron chi connectivity index (χ0n) is 15.7. The Labute approximate surface area is 174 Å². The minimum absolute atomic E-state index is 0.268. The van der Waals surface area contributed by atoms with E-state index in [0.717, 1.165) is 58.2 Å². The molecular weight excluding hydrogens is 390 g/mol. The zero-order chi connectivity index (χ0) is 19.3. The van der Waals surface area contributed by atoms with Crippen LogP contribution in [0, 0.1) is 0 Å². The molecular formula is C21H23N3O2S2. The van der Waals surface area contributed by atoms with Crippen LogP contribution in [0.15, 0.2) is 42.5 Å². The van der Waals surface area contributed by atoms with Crippen LogP contribution in [0.1, 0.15) is 19.8 Å². The second-order valence-electron chi connectivity index (χ2n) is 6.63. The van der Waals surface area contributed by atoms with Crippen molar-refractivity contribution >= 4 is 44.6 Å². The molecule has 1 aromatic heterocycles. The number of aromatic nitrogens is 1. The molecule has 2 heterocycles. The van der Waals surface area contributed by atoms with E-state index in [4.69, 9.17) is 26.7 Å². The Balaban J connectivity index is 1.39. The maximum absolute atomic E-state index is 5.60. The standard InChI is InChI=1S/C21H23N3O2S2/c1-2-25-16-9-10-18-19(12-16)28-20(24-18)14-5-7-15(8-6-14)23-21(27)22-13-17-4-3-11-26-17/h5-10,12,17H,2-4,11,13H2,1H3,(H2,22,23,27)/t17-/m0/s1. The Hall–Kier alpha value is -2.22. The molecule has 0 saturated carbocycles. The third-order valence-electron chi connectivity index (χ3n) is 4.57. The maximum atomic E-state index is 5.60. The number of hydrogen-bond donors (Lipinski definition) is 2. The van der Waals surface area contributed by atoms with Crippen LogP contribution in [-0.2, 0) is 4.74 Å². The molecule has 0 radical (unpaired) electrons. The number of thiocarbonyl (C=S) groups is 1. The summed E-state index contributed by atoms with van der Waals surface area (Å²) in [6, 6.07) is 14.2. The molecule has 146 valence electrons. The van der Waals surface area contributed by atoms with Crippen molar-refractivity contribution in [1.29, 1.82) is 0 Å². The highest BCUT2D eigenvalue weighted by molar-refractivity contribution is 7.80. The van der Waals surface area contributed by atoms with Gasteiger partial charge >= 0.3 is 0 Å². The average Bonchev–Trinajstić information content (AvgIpc) is 3.36. The SMILES string of the molecule is CCOc1ccc2nc(-c3ccc(NC(=S)NC[C@@H]4CCCO4)cc3)sc2c1. The topological polar surface area (TPSA) is 55.4 Å². The Kier molecular flexibility index (Phi) is 6.04. The molecule has 1 saturated heterocycles. The van der Waals surface area contributed by atoms with Crippen molar-refractivity contribution in [1.82, 2.24) is 10.3 Å². The van der Waals surface area contributed by atoms with E-state index in [1.54, 1.807) is 11.3 Å². The van der Waals surface area contributed by atoms with Crippen molar-refractivity contribution in [3.63, 3.8) is 0 Å². The van der Waals surface area contributed by atoms with Gasteiger partial charge in [0, 0.05) is 24.4 Å². The van der Waals surface area contributed by atoms with Crippen LogP contribution in [0.2, 0.25) is 0 Å². The van der Waals surface area contributed by atoms with Gasteiger partial charge < -0.3 is 20.1 Å². The average molecular weight is 414 g/mol. The summed E-state index contributed by atoms with van der Waals surface area (Å²) in [7, 11) is 0. The molecule has 0 aliphatic carbocycles. The van der Waals surface area contributed by atoms with E-state index in [0.29, 0.717) is 11.7 Å². The van der Waals surface area contributed by atoms with Gasteiger partial charge in [0.2, 0.25) is 0 Å². The molecule has 1 atom stereocenters. The number of ether oxygens (including phenoxy) is 2. The molecule has 5 nitrogen and oxygen atoms in total. The molecule has 1 fully saturated rings. The van der Waals surface area contributed by atoms with E-state index >= 15 is 0 Å². The summed E-state index contributed by atoms with van der Waals surface area (Å²) in [4.78, 5) is 4.74. The van der Waals surface area contributed by atoms with Crippen LogP contribution in [0.25, 0.3) is 20.8 Å². The fourth-order valence-electron chi connectivity index (χ4n) is 3.17. The highest BCUT2D eigenvalue weighted by Gasteiger charge is 2.15. The maximum Gasteiger partial charge on any atom is 0.170 e. The predicted molar refractivity (Wildman–Crippen MR) is 119 cm³/mol. The van der Waals surface area contributed by atoms with Crippen LogP contribution < -0.4 is 15.4 Å². The minimum atomic E-state index is 0.268. The Morgan fingerprint density at radius 1 is 1.29 bits per heavy atom. The van der Waals surface area contributed by atoms with E-state index in [9.17, 15) is 0 Å². The summed E-state index contributed by atoms with van der Waals surface area (Å²) in [5, 5.41) is 8.06. The number of nitrogens with one attached hydrogen (secondary N) is 2. The van der Waals surface area contributed by atoms with Gasteiger partial charge in [0.05, 0.1) is 22.9 Å². The lowest BCUT2D eigenvalue weighted by molar-refractivity contribution is 0.114. The number of hydrogen-bond acceptors (Lipinski definition) is 5. The van der Waals surface area contributed by atoms with Crippen LogP contribution >= 0.6 is 23.6 Å². The zero-order valence-corrected chi connectivity index (χ0v) is 17.4. The first-order valence-corrected chi connectivity index (χ1v) is 10.7. The minimum Gasteiger partial charge on any atom is -0.494 e. The van der Waals surface area contributed by atoms with Crippen molar-refractivity contribution in [2.75, 3.05) is 25.1 Å². The largest absolute Gasteiger partial charge is 0.494 e. The lowest BCUT2D eigenvalue weighted by atomic mass is 10.2. The smallest absolute Gasteiger partial charge is 0.170 e. The third-order valence-corrected chi connectivity index (χ3v) is 5.89. The van der Waals surface area contributed by atoms with Crippen LogP contribution in [0.4, 0.5) is 5.69 Å². The first-order chi connectivity index (χ1) is 13.7. The molecule has 2 aromatic carbocycles. The molecule has 0 spiro atoms. The second kappa shape index (κ2) is 8.86. The quantitative estimate of drug-likeness (QED) is 0.565. The number of rotatable bonds is 6. The van der Waals surface area contributed by atoms with E-state index in [1.807, 2.05) is 37.3 Å². The van der Waals surface area contributed by atoms with Gasteiger partial charge in [-0.2, -0.15) is 0 Å². The second-order valence-corrected chi connectivity index (χ2v) is 8.07. The lowest BCUT2D eigenvalue weighted by Gasteiger charge is -2.14. The van der Waals surface area contributed by atoms with E-state index in [-0.39, 0.29) is 6.10 Å². The highest BCUT2D eigenvalue weighted by atomic mass is 32.1. The summed E-state index contributed by atoms with van der Waals surface area (Å²) in [6.45, 7) is 4.25. The predicted octanol–water partition coefficient (Wildman–Crippen LogP) is 4.83. The van der Waals surface area contributed by atoms with Crippen LogP contribution in [0.3, 0.4) is 0 Å². The molecule has 0 unspecified atom stereocenters. The van der Waals surface area contributed by atoms with Crippen molar-refractivity contribution in [2.24, 2.45) is 0 Å². The highest BCUT2D eigenvalue weighted by Crippen LogP contribution is 2.32. The Bertz CT molecular complexity index is 950. The molecule has 0 amide bonds. The third kappa shape index (κ3) is 4.60. The van der Waals surface area contributed by atoms with Crippen molar-refractivity contribution in [3.8, 4) is 16.3 Å². The van der Waals surface area contributed by atoms with Gasteiger partial charge in [0.25, 0.3) is 0 Å². The van der Waals surface area contributed by atoms with Crippen molar-refractivity contribution < 1.29 is 9.47 Å². The monoisotopic (exact) mass is 413 g/mol. The summed E-state index contributed by atoms with van der Waals surface area (Å²) in [5.41, 5.74) is 3.03. The summed E-state index contributed by atoms with van der Waals surface area (Å²) >= 11 is 7.04. The summed E-state index contributed by atoms with van der Waals surface area (Å²) in [6.07, 6.45) is 2.50. The molecule has 4 rings (SSSR count). The van der Waals surface area contributed by atoms with E-state index in [2.05, 4.69) is 22.8 Å². The molecule has 1 aliphatic rings. The first kappa shape index (κ1) is 19.1. The number of fused-ring (bicyclic) bond motifs is 1. The summed E-state index contributed by atoms with van der Waals surface area (Å²) in [5.74, 6) is 0.883. The number of nitrogens with zero attached hydrogens (tertiary/aromatic N) is 1. The fraction of sp³-hybridized carbons (Fsp3) is 0.333. The fourth-order valence-corrected chi connectivity index (χ4v) is 4.37. The summed E-state index contributed by atoms with van der Waals surface area (Å²) < 4.78 is 12.3. The molecule has 3 aromatic rings. The van der Waals surface area contributed by atoms with E-state index < -0.39 is 0 Å². The molecule has 0 bridgehead atoms. The van der Waals surface area contributed by atoms with Crippen LogP contribution in [-0.4, -0.2) is 36.0 Å². The molecule has 28 heavy (non-hydrogen) atoms. The number of anilines is 1. The molecule has 1 aliphatic heterocycles. The molecule has 2 N–H and O–H groups in total. The first-order valence-electron chi connectivity index (χ1n) is 9.51. The van der Waals surface area contributed by atoms with Crippen LogP contribution in [0.5, 0.6) is 5.75 Å². The van der Waals surface area contributed by atoms with Gasteiger partial charge in [-0.15, -0.1) is 11.3 Å². The number of benzene rings is 2. The molecule has 7 heteroatoms. The van der Waals surface area contributed by atoms with Gasteiger partial charge in [-0.05, 0) is 74.4 Å². The van der Waals surface area contributed by atoms with Gasteiger partial charge in [-0.25, -0.2) is 4.98 Å². The van der Waals surface area contributed by atoms with E-state index in [1.165, 1.54) is 0 Å². The Morgan fingerprint density at radius 2 is 2.14 bits per heavy atom. The lowest BCUT2D eigenvalue weighted by Crippen LogP contribution is -2.34. The van der Waals surface area contributed by atoms with Gasteiger partial charge in [0.1, 0.15) is 10.8 Å². The van der Waals surface area contributed by atoms with Gasteiger partial charge in [-0.1, -0.05) is 0 Å². The van der Waals surface area contributed by atoms with Gasteiger partial charge in [-0.3, -0.25) is 0 Å².